The van der Waals surface area contributed by atoms with Crippen LogP contribution in [0.25, 0.3) is 0 Å². The van der Waals surface area contributed by atoms with Crippen LogP contribution in [0.15, 0.2) is 35.5 Å². The van der Waals surface area contributed by atoms with Crippen molar-refractivity contribution in [1.29, 1.82) is 0 Å². The summed E-state index contributed by atoms with van der Waals surface area (Å²) in [6.45, 7) is 6.64. The first-order valence-electron chi connectivity index (χ1n) is 10.9. The summed E-state index contributed by atoms with van der Waals surface area (Å²) >= 11 is 2.80. The van der Waals surface area contributed by atoms with E-state index in [4.69, 9.17) is 5.11 Å². The first-order valence-corrected chi connectivity index (χ1v) is 12.0. The summed E-state index contributed by atoms with van der Waals surface area (Å²) in [7, 11) is 0. The van der Waals surface area contributed by atoms with E-state index < -0.39 is 5.97 Å². The molecular formula is C24H35IO2. The molecule has 4 atom stereocenters. The second kappa shape index (κ2) is 9.28. The van der Waals surface area contributed by atoms with Crippen LogP contribution in [0.4, 0.5) is 0 Å². The summed E-state index contributed by atoms with van der Waals surface area (Å²) in [5.74, 6) is 1.42. The largest absolute Gasteiger partial charge is 0.481 e. The van der Waals surface area contributed by atoms with Gasteiger partial charge in [-0.3, -0.25) is 4.79 Å². The zero-order valence-electron chi connectivity index (χ0n) is 16.8. The third kappa shape index (κ3) is 4.89. The molecule has 3 saturated carbocycles. The second-order valence-electron chi connectivity index (χ2n) is 9.02. The molecule has 0 saturated heterocycles. The fourth-order valence-electron chi connectivity index (χ4n) is 5.81. The van der Waals surface area contributed by atoms with Crippen molar-refractivity contribution in [1.82, 2.24) is 0 Å². The zero-order chi connectivity index (χ0) is 19.4. The van der Waals surface area contributed by atoms with Gasteiger partial charge in [0.1, 0.15) is 0 Å². The first kappa shape index (κ1) is 21.1. The lowest BCUT2D eigenvalue weighted by molar-refractivity contribution is -0.137. The summed E-state index contributed by atoms with van der Waals surface area (Å²) < 4.78 is 0.382. The first-order chi connectivity index (χ1) is 12.9. The van der Waals surface area contributed by atoms with E-state index in [1.807, 2.05) is 0 Å². The molecule has 0 aliphatic heterocycles. The van der Waals surface area contributed by atoms with E-state index in [-0.39, 0.29) is 0 Å². The van der Waals surface area contributed by atoms with Gasteiger partial charge in [-0.05, 0) is 94.0 Å². The number of halogens is 1. The van der Waals surface area contributed by atoms with Crippen LogP contribution < -0.4 is 0 Å². The van der Waals surface area contributed by atoms with Gasteiger partial charge in [0.05, 0.1) is 0 Å². The fourth-order valence-corrected chi connectivity index (χ4v) is 7.83. The number of carbonyl (C=O) groups is 1. The predicted octanol–water partition coefficient (Wildman–Crippen LogP) is 7.24. The monoisotopic (exact) mass is 482 g/mol. The Bertz CT molecular complexity index is 632. The highest BCUT2D eigenvalue weighted by Gasteiger charge is 2.52. The van der Waals surface area contributed by atoms with Gasteiger partial charge in [-0.2, -0.15) is 0 Å². The number of carboxylic acids is 1. The van der Waals surface area contributed by atoms with Crippen molar-refractivity contribution in [2.75, 3.05) is 0 Å². The minimum Gasteiger partial charge on any atom is -0.481 e. The van der Waals surface area contributed by atoms with Gasteiger partial charge in [-0.25, -0.2) is 0 Å². The number of carboxylic acid groups (broad SMARTS) is 1. The number of allylic oxidation sites excluding steroid dienone is 5. The third-order valence-corrected chi connectivity index (χ3v) is 9.39. The van der Waals surface area contributed by atoms with Crippen molar-refractivity contribution in [3.8, 4) is 0 Å². The highest BCUT2D eigenvalue weighted by atomic mass is 127. The lowest BCUT2D eigenvalue weighted by Crippen LogP contribution is -2.39. The number of rotatable bonds is 6. The average molecular weight is 482 g/mol. The summed E-state index contributed by atoms with van der Waals surface area (Å²) in [5, 5.41) is 8.93. The maximum absolute atomic E-state index is 10.8. The van der Waals surface area contributed by atoms with Crippen molar-refractivity contribution in [2.24, 2.45) is 17.8 Å². The minimum atomic E-state index is -0.657. The predicted molar refractivity (Wildman–Crippen MR) is 121 cm³/mol. The van der Waals surface area contributed by atoms with Crippen LogP contribution in [0.1, 0.15) is 84.0 Å². The number of hydrogen-bond acceptors (Lipinski definition) is 1. The van der Waals surface area contributed by atoms with Crippen LogP contribution in [0.2, 0.25) is 0 Å². The van der Waals surface area contributed by atoms with Crippen molar-refractivity contribution >= 4 is 28.6 Å². The van der Waals surface area contributed by atoms with E-state index in [1.54, 1.807) is 5.57 Å². The number of alkyl halides is 1. The van der Waals surface area contributed by atoms with E-state index in [0.29, 0.717) is 21.7 Å². The molecular weight excluding hydrogens is 447 g/mol. The van der Waals surface area contributed by atoms with Gasteiger partial charge in [-0.15, -0.1) is 0 Å². The van der Waals surface area contributed by atoms with Gasteiger partial charge in [-0.1, -0.05) is 59.4 Å². The van der Waals surface area contributed by atoms with Crippen molar-refractivity contribution in [3.63, 3.8) is 0 Å². The molecule has 3 fully saturated rings. The van der Waals surface area contributed by atoms with Gasteiger partial charge in [0, 0.05) is 9.84 Å². The fraction of sp³-hybridized carbons (Fsp3) is 0.708. The molecule has 2 nitrogen and oxygen atoms in total. The van der Waals surface area contributed by atoms with Crippen molar-refractivity contribution < 1.29 is 9.90 Å². The Morgan fingerprint density at radius 1 is 1.26 bits per heavy atom. The Balaban J connectivity index is 1.69. The van der Waals surface area contributed by atoms with Crippen LogP contribution in [0, 0.1) is 17.8 Å². The van der Waals surface area contributed by atoms with Gasteiger partial charge in [0.25, 0.3) is 0 Å². The molecule has 0 bridgehead atoms. The molecule has 3 rings (SSSR count). The maximum Gasteiger partial charge on any atom is 0.303 e. The minimum absolute atomic E-state index is 0.317. The summed E-state index contributed by atoms with van der Waals surface area (Å²) in [6.07, 6.45) is 18.5. The summed E-state index contributed by atoms with van der Waals surface area (Å²) in [6, 6.07) is 0. The normalized spacial score (nSPS) is 35.4. The SMILES string of the molecule is C=C1CCCC/C1=C/C=C1\CCC[C@]2(I)[C@@H]([C@H](C)CCCC(=O)O)CC[C@@H]12. The average Bonchev–Trinajstić information content (AvgIpc) is 2.98. The van der Waals surface area contributed by atoms with Gasteiger partial charge in [0.15, 0.2) is 0 Å². The van der Waals surface area contributed by atoms with Crippen LogP contribution >= 0.6 is 22.6 Å². The Morgan fingerprint density at radius 3 is 2.78 bits per heavy atom. The lowest BCUT2D eigenvalue weighted by Gasteiger charge is -2.42. The molecule has 0 aromatic carbocycles. The zero-order valence-corrected chi connectivity index (χ0v) is 19.0. The molecule has 0 radical (unpaired) electrons. The second-order valence-corrected chi connectivity index (χ2v) is 11.0. The van der Waals surface area contributed by atoms with E-state index >= 15 is 0 Å². The third-order valence-electron chi connectivity index (χ3n) is 7.30. The molecule has 150 valence electrons. The quantitative estimate of drug-likeness (QED) is 0.320. The maximum atomic E-state index is 10.8. The molecule has 3 heteroatoms. The number of fused-ring (bicyclic) bond motifs is 1. The van der Waals surface area contributed by atoms with Crippen molar-refractivity contribution in [2.45, 2.75) is 87.4 Å². The number of hydrogen-bond donors (Lipinski definition) is 1. The molecule has 1 N–H and O–H groups in total. The van der Waals surface area contributed by atoms with Crippen LogP contribution in [0.3, 0.4) is 0 Å². The Hall–Kier alpha value is -0.580. The molecule has 0 amide bonds. The van der Waals surface area contributed by atoms with E-state index in [2.05, 4.69) is 48.2 Å². The van der Waals surface area contributed by atoms with Gasteiger partial charge < -0.3 is 5.11 Å². The van der Waals surface area contributed by atoms with E-state index in [1.165, 1.54) is 68.9 Å². The topological polar surface area (TPSA) is 37.3 Å². The van der Waals surface area contributed by atoms with Crippen molar-refractivity contribution in [3.05, 3.63) is 35.5 Å². The number of aliphatic carboxylic acids is 1. The molecule has 0 aromatic rings. The van der Waals surface area contributed by atoms with Crippen LogP contribution in [-0.4, -0.2) is 14.5 Å². The van der Waals surface area contributed by atoms with Gasteiger partial charge in [0.2, 0.25) is 0 Å². The summed E-state index contributed by atoms with van der Waals surface area (Å²) in [5.41, 5.74) is 4.50. The molecule has 3 aliphatic carbocycles. The molecule has 0 aromatic heterocycles. The smallest absolute Gasteiger partial charge is 0.303 e. The molecule has 0 spiro atoms. The van der Waals surface area contributed by atoms with E-state index in [9.17, 15) is 4.79 Å². The van der Waals surface area contributed by atoms with Gasteiger partial charge >= 0.3 is 5.97 Å². The summed E-state index contributed by atoms with van der Waals surface area (Å²) in [4.78, 5) is 10.8. The van der Waals surface area contributed by atoms with Crippen LogP contribution in [-0.2, 0) is 4.79 Å². The Labute approximate surface area is 178 Å². The Morgan fingerprint density at radius 2 is 2.04 bits per heavy atom. The lowest BCUT2D eigenvalue weighted by atomic mass is 9.71. The molecule has 27 heavy (non-hydrogen) atoms. The van der Waals surface area contributed by atoms with E-state index in [0.717, 1.165) is 18.8 Å². The standard InChI is InChI=1S/C24H35IO2/c1-17-7-3-4-9-19(17)12-13-20-10-6-16-24(25)21(14-15-22(20)24)18(2)8-5-11-23(26)27/h12-13,18,21-22H,1,3-11,14-16H2,2H3,(H,26,27)/b19-12-,20-13+/t18-,21-,22+,24+/m1/s1. The highest BCUT2D eigenvalue weighted by molar-refractivity contribution is 14.1. The van der Waals surface area contributed by atoms with Crippen LogP contribution in [0.5, 0.6) is 0 Å². The molecule has 0 heterocycles. The molecule has 3 aliphatic rings. The molecule has 0 unspecified atom stereocenters. The Kier molecular flexibility index (Phi) is 7.26. The highest BCUT2D eigenvalue weighted by Crippen LogP contribution is 2.59.